The Hall–Kier alpha value is -1.20. The van der Waals surface area contributed by atoms with E-state index >= 15 is 0 Å². The van der Waals surface area contributed by atoms with Crippen LogP contribution >= 0.6 is 15.9 Å². The summed E-state index contributed by atoms with van der Waals surface area (Å²) in [4.78, 5) is 4.37. The number of likely N-dealkylation sites (N-methyl/N-ethyl adjacent to an activating group) is 1. The lowest BCUT2D eigenvalue weighted by atomic mass is 9.99. The van der Waals surface area contributed by atoms with Crippen LogP contribution in [0.1, 0.15) is 35.5 Å². The van der Waals surface area contributed by atoms with E-state index < -0.39 is 0 Å². The lowest BCUT2D eigenvalue weighted by Crippen LogP contribution is -2.21. The molecule has 0 fully saturated rings. The van der Waals surface area contributed by atoms with E-state index in [1.165, 1.54) is 21.2 Å². The molecule has 5 heteroatoms. The van der Waals surface area contributed by atoms with E-state index in [0.717, 1.165) is 18.8 Å². The second-order valence-corrected chi connectivity index (χ2v) is 5.80. The number of aryl methyl sites for hydroxylation is 3. The minimum atomic E-state index is 0.245. The third-order valence-corrected chi connectivity index (χ3v) is 4.84. The molecule has 1 aromatic heterocycles. The van der Waals surface area contributed by atoms with Gasteiger partial charge >= 0.3 is 0 Å². The first kappa shape index (κ1) is 15.2. The summed E-state index contributed by atoms with van der Waals surface area (Å²) in [6, 6.07) is 4.70. The molecule has 0 saturated heterocycles. The van der Waals surface area contributed by atoms with Crippen LogP contribution < -0.4 is 5.32 Å². The fourth-order valence-electron chi connectivity index (χ4n) is 2.46. The standard InChI is InChI=1S/C15H21BrN4/c1-5-20-14(18-9-19-20)8-13(17-4)12-6-10(2)15(16)11(3)7-12/h6-7,9,13,17H,5,8H2,1-4H3. The molecule has 0 spiro atoms. The molecule has 2 aromatic rings. The summed E-state index contributed by atoms with van der Waals surface area (Å²) in [5.74, 6) is 1.02. The van der Waals surface area contributed by atoms with Gasteiger partial charge in [-0.15, -0.1) is 0 Å². The van der Waals surface area contributed by atoms with Crippen molar-refractivity contribution in [2.24, 2.45) is 0 Å². The molecule has 0 saturated carbocycles. The summed E-state index contributed by atoms with van der Waals surface area (Å²) in [6.45, 7) is 7.19. The van der Waals surface area contributed by atoms with E-state index in [4.69, 9.17) is 0 Å². The number of hydrogen-bond acceptors (Lipinski definition) is 3. The predicted molar refractivity (Wildman–Crippen MR) is 84.8 cm³/mol. The SMILES string of the molecule is CCn1ncnc1CC(NC)c1cc(C)c(Br)c(C)c1. The quantitative estimate of drug-likeness (QED) is 0.911. The molecule has 1 aromatic carbocycles. The van der Waals surface area contributed by atoms with Crippen LogP contribution in [0, 0.1) is 13.8 Å². The maximum Gasteiger partial charge on any atom is 0.138 e. The summed E-state index contributed by atoms with van der Waals surface area (Å²) in [7, 11) is 1.99. The zero-order chi connectivity index (χ0) is 14.7. The topological polar surface area (TPSA) is 42.7 Å². The molecule has 0 aliphatic rings. The van der Waals surface area contributed by atoms with Crippen LogP contribution in [0.25, 0.3) is 0 Å². The van der Waals surface area contributed by atoms with E-state index in [9.17, 15) is 0 Å². The lowest BCUT2D eigenvalue weighted by Gasteiger charge is -2.18. The van der Waals surface area contributed by atoms with Crippen LogP contribution in [0.3, 0.4) is 0 Å². The highest BCUT2D eigenvalue weighted by Crippen LogP contribution is 2.26. The number of rotatable bonds is 5. The van der Waals surface area contributed by atoms with Gasteiger partial charge in [-0.3, -0.25) is 4.68 Å². The van der Waals surface area contributed by atoms with Crippen LogP contribution in [0.15, 0.2) is 22.9 Å². The van der Waals surface area contributed by atoms with Gasteiger partial charge in [-0.1, -0.05) is 28.1 Å². The Kier molecular flexibility index (Phi) is 4.94. The Morgan fingerprint density at radius 3 is 2.50 bits per heavy atom. The molecule has 1 N–H and O–H groups in total. The summed E-state index contributed by atoms with van der Waals surface area (Å²) in [6.07, 6.45) is 2.47. The van der Waals surface area contributed by atoms with Crippen molar-refractivity contribution in [1.82, 2.24) is 20.1 Å². The molecule has 0 amide bonds. The van der Waals surface area contributed by atoms with E-state index in [1.54, 1.807) is 6.33 Å². The molecule has 0 aliphatic heterocycles. The lowest BCUT2D eigenvalue weighted by molar-refractivity contribution is 0.533. The molecule has 0 aliphatic carbocycles. The smallest absolute Gasteiger partial charge is 0.138 e. The summed E-state index contributed by atoms with van der Waals surface area (Å²) < 4.78 is 3.14. The molecule has 2 rings (SSSR count). The van der Waals surface area contributed by atoms with E-state index in [1.807, 2.05) is 11.7 Å². The first-order chi connectivity index (χ1) is 9.56. The maximum absolute atomic E-state index is 4.37. The van der Waals surface area contributed by atoms with Crippen LogP contribution in [-0.2, 0) is 13.0 Å². The Labute approximate surface area is 128 Å². The fraction of sp³-hybridized carbons (Fsp3) is 0.467. The first-order valence-corrected chi connectivity index (χ1v) is 7.66. The fourth-order valence-corrected chi connectivity index (χ4v) is 2.69. The summed E-state index contributed by atoms with van der Waals surface area (Å²) >= 11 is 3.62. The van der Waals surface area contributed by atoms with Crippen molar-refractivity contribution < 1.29 is 0 Å². The minimum Gasteiger partial charge on any atom is -0.313 e. The van der Waals surface area contributed by atoms with Crippen LogP contribution in [0.4, 0.5) is 0 Å². The Morgan fingerprint density at radius 2 is 1.95 bits per heavy atom. The van der Waals surface area contributed by atoms with Crippen LogP contribution in [-0.4, -0.2) is 21.8 Å². The molecular weight excluding hydrogens is 316 g/mol. The number of benzene rings is 1. The van der Waals surface area contributed by atoms with Crippen molar-refractivity contribution in [3.63, 3.8) is 0 Å². The third kappa shape index (κ3) is 3.10. The van der Waals surface area contributed by atoms with Crippen molar-refractivity contribution in [1.29, 1.82) is 0 Å². The molecule has 1 heterocycles. The number of hydrogen-bond donors (Lipinski definition) is 1. The highest BCUT2D eigenvalue weighted by molar-refractivity contribution is 9.10. The van der Waals surface area contributed by atoms with Gasteiger partial charge in [0.1, 0.15) is 12.2 Å². The molecular formula is C15H21BrN4. The average Bonchev–Trinajstić information content (AvgIpc) is 2.88. The number of nitrogens with one attached hydrogen (secondary N) is 1. The Balaban J connectivity index is 2.29. The zero-order valence-electron chi connectivity index (χ0n) is 12.4. The van der Waals surface area contributed by atoms with Crippen molar-refractivity contribution in [2.45, 2.75) is 39.8 Å². The van der Waals surface area contributed by atoms with Crippen molar-refractivity contribution in [2.75, 3.05) is 7.05 Å². The van der Waals surface area contributed by atoms with Crippen LogP contribution in [0.5, 0.6) is 0 Å². The molecule has 0 bridgehead atoms. The number of halogens is 1. The predicted octanol–water partition coefficient (Wildman–Crippen LogP) is 3.18. The monoisotopic (exact) mass is 336 g/mol. The molecule has 4 nitrogen and oxygen atoms in total. The second-order valence-electron chi connectivity index (χ2n) is 5.01. The third-order valence-electron chi connectivity index (χ3n) is 3.59. The van der Waals surface area contributed by atoms with Crippen LogP contribution in [0.2, 0.25) is 0 Å². The summed E-state index contributed by atoms with van der Waals surface area (Å²) in [5, 5.41) is 7.62. The van der Waals surface area contributed by atoms with E-state index in [0.29, 0.717) is 0 Å². The molecule has 0 radical (unpaired) electrons. The maximum atomic E-state index is 4.37. The number of nitrogens with zero attached hydrogens (tertiary/aromatic N) is 3. The van der Waals surface area contributed by atoms with Gasteiger partial charge in [0.15, 0.2) is 0 Å². The van der Waals surface area contributed by atoms with Gasteiger partial charge in [0.05, 0.1) is 0 Å². The van der Waals surface area contributed by atoms with Gasteiger partial charge in [0.2, 0.25) is 0 Å². The molecule has 1 unspecified atom stereocenters. The van der Waals surface area contributed by atoms with Gasteiger partial charge in [-0.05, 0) is 44.5 Å². The van der Waals surface area contributed by atoms with Crippen molar-refractivity contribution in [3.05, 3.63) is 45.4 Å². The molecule has 108 valence electrons. The zero-order valence-corrected chi connectivity index (χ0v) is 14.0. The minimum absolute atomic E-state index is 0.245. The Bertz CT molecular complexity index is 568. The van der Waals surface area contributed by atoms with Gasteiger partial charge in [-0.25, -0.2) is 4.98 Å². The first-order valence-electron chi connectivity index (χ1n) is 6.87. The summed E-state index contributed by atoms with van der Waals surface area (Å²) in [5.41, 5.74) is 3.81. The number of aromatic nitrogens is 3. The van der Waals surface area contributed by atoms with Crippen molar-refractivity contribution in [3.8, 4) is 0 Å². The van der Waals surface area contributed by atoms with Gasteiger partial charge in [-0.2, -0.15) is 5.10 Å². The normalized spacial score (nSPS) is 12.7. The van der Waals surface area contributed by atoms with Gasteiger partial charge in [0.25, 0.3) is 0 Å². The van der Waals surface area contributed by atoms with E-state index in [-0.39, 0.29) is 6.04 Å². The molecule has 20 heavy (non-hydrogen) atoms. The highest BCUT2D eigenvalue weighted by atomic mass is 79.9. The van der Waals surface area contributed by atoms with Crippen molar-refractivity contribution >= 4 is 15.9 Å². The second kappa shape index (κ2) is 6.50. The van der Waals surface area contributed by atoms with Gasteiger partial charge < -0.3 is 5.32 Å². The largest absolute Gasteiger partial charge is 0.313 e. The molecule has 1 atom stereocenters. The average molecular weight is 337 g/mol. The highest BCUT2D eigenvalue weighted by Gasteiger charge is 2.15. The van der Waals surface area contributed by atoms with Gasteiger partial charge in [0, 0.05) is 23.5 Å². The van der Waals surface area contributed by atoms with E-state index in [2.05, 4.69) is 64.2 Å². The Morgan fingerprint density at radius 1 is 1.30 bits per heavy atom.